The standard InChI is InChI=1S/C12H9ClF3NS.ClH/c13-10-8(11(17)7-4-5-18-6-7)2-1-3-9(10)12(14,15)16;/h1-6,11H,17H2;1H/t11-;/m1./s1. The van der Waals surface area contributed by atoms with Crippen LogP contribution < -0.4 is 5.73 Å². The van der Waals surface area contributed by atoms with E-state index < -0.39 is 17.8 Å². The van der Waals surface area contributed by atoms with E-state index >= 15 is 0 Å². The van der Waals surface area contributed by atoms with E-state index in [1.807, 2.05) is 5.38 Å². The van der Waals surface area contributed by atoms with Crippen LogP contribution in [-0.4, -0.2) is 0 Å². The van der Waals surface area contributed by atoms with E-state index in [0.29, 0.717) is 0 Å². The van der Waals surface area contributed by atoms with E-state index in [2.05, 4.69) is 0 Å². The Labute approximate surface area is 123 Å². The highest BCUT2D eigenvalue weighted by Crippen LogP contribution is 2.38. The SMILES string of the molecule is Cl.N[C@H](c1ccsc1)c1cccc(C(F)(F)F)c1Cl. The number of rotatable bonds is 2. The molecule has 0 saturated heterocycles. The maximum absolute atomic E-state index is 12.7. The van der Waals surface area contributed by atoms with Crippen molar-refractivity contribution in [3.05, 3.63) is 56.7 Å². The third-order valence-corrected chi connectivity index (χ3v) is 3.69. The van der Waals surface area contributed by atoms with Gasteiger partial charge in [-0.15, -0.1) is 12.4 Å². The van der Waals surface area contributed by atoms with Gasteiger partial charge >= 0.3 is 6.18 Å². The summed E-state index contributed by atoms with van der Waals surface area (Å²) >= 11 is 7.24. The third kappa shape index (κ3) is 3.42. The summed E-state index contributed by atoms with van der Waals surface area (Å²) in [6.07, 6.45) is -4.47. The van der Waals surface area contributed by atoms with Crippen molar-refractivity contribution in [1.82, 2.24) is 0 Å². The summed E-state index contributed by atoms with van der Waals surface area (Å²) in [7, 11) is 0. The van der Waals surface area contributed by atoms with Crippen molar-refractivity contribution in [3.8, 4) is 0 Å². The minimum atomic E-state index is -4.47. The topological polar surface area (TPSA) is 26.0 Å². The van der Waals surface area contributed by atoms with Crippen LogP contribution in [-0.2, 0) is 6.18 Å². The van der Waals surface area contributed by atoms with Crippen molar-refractivity contribution in [2.24, 2.45) is 5.73 Å². The summed E-state index contributed by atoms with van der Waals surface area (Å²) in [5.74, 6) is 0. The zero-order valence-corrected chi connectivity index (χ0v) is 11.8. The zero-order valence-electron chi connectivity index (χ0n) is 9.45. The van der Waals surface area contributed by atoms with Gasteiger partial charge in [-0.05, 0) is 34.0 Å². The summed E-state index contributed by atoms with van der Waals surface area (Å²) in [5.41, 5.74) is 6.11. The molecule has 0 fully saturated rings. The lowest BCUT2D eigenvalue weighted by molar-refractivity contribution is -0.137. The molecule has 1 aromatic heterocycles. The first kappa shape index (κ1) is 16.3. The molecular weight excluding hydrogens is 318 g/mol. The van der Waals surface area contributed by atoms with Gasteiger partial charge in [0.2, 0.25) is 0 Å². The largest absolute Gasteiger partial charge is 0.417 e. The highest BCUT2D eigenvalue weighted by molar-refractivity contribution is 7.08. The summed E-state index contributed by atoms with van der Waals surface area (Å²) in [4.78, 5) is 0. The number of nitrogens with two attached hydrogens (primary N) is 1. The molecule has 1 heterocycles. The molecule has 0 aliphatic rings. The fraction of sp³-hybridized carbons (Fsp3) is 0.167. The monoisotopic (exact) mass is 327 g/mol. The first-order chi connectivity index (χ1) is 8.41. The zero-order chi connectivity index (χ0) is 13.3. The van der Waals surface area contributed by atoms with Gasteiger partial charge in [-0.25, -0.2) is 0 Å². The van der Waals surface area contributed by atoms with Gasteiger partial charge in [0, 0.05) is 0 Å². The number of hydrogen-bond donors (Lipinski definition) is 1. The second-order valence-corrected chi connectivity index (χ2v) is 4.90. The van der Waals surface area contributed by atoms with Gasteiger partial charge in [-0.2, -0.15) is 24.5 Å². The quantitative estimate of drug-likeness (QED) is 0.834. The molecule has 1 nitrogen and oxygen atoms in total. The van der Waals surface area contributed by atoms with Crippen molar-refractivity contribution >= 4 is 35.3 Å². The number of halogens is 5. The Bertz CT molecular complexity index is 540. The van der Waals surface area contributed by atoms with Crippen molar-refractivity contribution in [2.75, 3.05) is 0 Å². The van der Waals surface area contributed by atoms with Crippen LogP contribution in [0.25, 0.3) is 0 Å². The van der Waals surface area contributed by atoms with Gasteiger partial charge in [0.05, 0.1) is 16.6 Å². The predicted molar refractivity (Wildman–Crippen MR) is 74.1 cm³/mol. The molecule has 0 bridgehead atoms. The minimum Gasteiger partial charge on any atom is -0.320 e. The van der Waals surface area contributed by atoms with Crippen LogP contribution in [0.5, 0.6) is 0 Å². The van der Waals surface area contributed by atoms with Gasteiger partial charge in [-0.1, -0.05) is 23.7 Å². The van der Waals surface area contributed by atoms with Crippen LogP contribution >= 0.6 is 35.3 Å². The lowest BCUT2D eigenvalue weighted by Gasteiger charge is -2.16. The van der Waals surface area contributed by atoms with Gasteiger partial charge in [0.15, 0.2) is 0 Å². The molecule has 0 aliphatic heterocycles. The average molecular weight is 328 g/mol. The fourth-order valence-electron chi connectivity index (χ4n) is 1.64. The Balaban J connectivity index is 0.00000180. The predicted octanol–water partition coefficient (Wildman–Crippen LogP) is 4.89. The molecule has 0 radical (unpaired) electrons. The molecular formula is C12H10Cl2F3NS. The lowest BCUT2D eigenvalue weighted by atomic mass is 10.00. The summed E-state index contributed by atoms with van der Waals surface area (Å²) < 4.78 is 38.1. The van der Waals surface area contributed by atoms with Crippen LogP contribution in [0.4, 0.5) is 13.2 Å². The third-order valence-electron chi connectivity index (χ3n) is 2.57. The molecule has 0 spiro atoms. The van der Waals surface area contributed by atoms with E-state index in [4.69, 9.17) is 17.3 Å². The molecule has 0 saturated carbocycles. The first-order valence-corrected chi connectivity index (χ1v) is 6.36. The summed E-state index contributed by atoms with van der Waals surface area (Å²) in [5, 5.41) is 3.28. The van der Waals surface area contributed by atoms with E-state index in [1.54, 1.807) is 11.4 Å². The minimum absolute atomic E-state index is 0. The first-order valence-electron chi connectivity index (χ1n) is 5.04. The molecule has 2 rings (SSSR count). The van der Waals surface area contributed by atoms with Crippen molar-refractivity contribution in [2.45, 2.75) is 12.2 Å². The molecule has 1 aromatic carbocycles. The van der Waals surface area contributed by atoms with Crippen LogP contribution in [0.2, 0.25) is 5.02 Å². The van der Waals surface area contributed by atoms with E-state index in [0.717, 1.165) is 11.6 Å². The molecule has 0 unspecified atom stereocenters. The average Bonchev–Trinajstić information content (AvgIpc) is 2.80. The lowest BCUT2D eigenvalue weighted by Crippen LogP contribution is -2.14. The van der Waals surface area contributed by atoms with Crippen LogP contribution in [0.3, 0.4) is 0 Å². The molecule has 2 aromatic rings. The Hall–Kier alpha value is -0.750. The highest BCUT2D eigenvalue weighted by atomic mass is 35.5. The van der Waals surface area contributed by atoms with Gasteiger partial charge in [0.1, 0.15) is 0 Å². The Morgan fingerprint density at radius 3 is 2.42 bits per heavy atom. The van der Waals surface area contributed by atoms with Crippen molar-refractivity contribution in [3.63, 3.8) is 0 Å². The van der Waals surface area contributed by atoms with Crippen LogP contribution in [0, 0.1) is 0 Å². The summed E-state index contributed by atoms with van der Waals surface area (Å²) in [6, 6.07) is 4.90. The molecule has 104 valence electrons. The molecule has 1 atom stereocenters. The van der Waals surface area contributed by atoms with Gasteiger partial charge in [0.25, 0.3) is 0 Å². The second-order valence-electron chi connectivity index (χ2n) is 3.74. The van der Waals surface area contributed by atoms with Crippen LogP contribution in [0.1, 0.15) is 22.7 Å². The molecule has 7 heteroatoms. The Morgan fingerprint density at radius 2 is 1.89 bits per heavy atom. The molecule has 19 heavy (non-hydrogen) atoms. The fourth-order valence-corrected chi connectivity index (χ4v) is 2.69. The maximum Gasteiger partial charge on any atom is 0.417 e. The number of benzene rings is 1. The van der Waals surface area contributed by atoms with Gasteiger partial charge < -0.3 is 5.73 Å². The van der Waals surface area contributed by atoms with Crippen molar-refractivity contribution < 1.29 is 13.2 Å². The molecule has 2 N–H and O–H groups in total. The van der Waals surface area contributed by atoms with E-state index in [-0.39, 0.29) is 23.0 Å². The normalized spacial score (nSPS) is 12.9. The van der Waals surface area contributed by atoms with Crippen molar-refractivity contribution in [1.29, 1.82) is 0 Å². The highest BCUT2D eigenvalue weighted by Gasteiger charge is 2.34. The van der Waals surface area contributed by atoms with E-state index in [9.17, 15) is 13.2 Å². The second kappa shape index (κ2) is 6.13. The smallest absolute Gasteiger partial charge is 0.320 e. The van der Waals surface area contributed by atoms with Gasteiger partial charge in [-0.3, -0.25) is 0 Å². The molecule has 0 amide bonds. The number of thiophene rings is 1. The van der Waals surface area contributed by atoms with E-state index in [1.165, 1.54) is 23.5 Å². The number of alkyl halides is 3. The maximum atomic E-state index is 12.7. The Kier molecular flexibility index (Phi) is 5.26. The van der Waals surface area contributed by atoms with Crippen LogP contribution in [0.15, 0.2) is 35.0 Å². The summed E-state index contributed by atoms with van der Waals surface area (Å²) in [6.45, 7) is 0. The molecule has 0 aliphatic carbocycles. The Morgan fingerprint density at radius 1 is 1.21 bits per heavy atom. The number of hydrogen-bond acceptors (Lipinski definition) is 2.